The lowest BCUT2D eigenvalue weighted by molar-refractivity contribution is 0.0787. The summed E-state index contributed by atoms with van der Waals surface area (Å²) < 4.78 is 0. The topological polar surface area (TPSA) is 33.2 Å². The summed E-state index contributed by atoms with van der Waals surface area (Å²) in [4.78, 5) is 19.9. The third-order valence-corrected chi connectivity index (χ3v) is 5.65. The molecule has 0 unspecified atom stereocenters. The molecule has 3 rings (SSSR count). The average Bonchev–Trinajstić information content (AvgIpc) is 3.08. The third-order valence-electron chi connectivity index (χ3n) is 3.95. The van der Waals surface area contributed by atoms with Crippen LogP contribution in [0.2, 0.25) is 5.02 Å². The number of amides is 1. The van der Waals surface area contributed by atoms with E-state index in [1.165, 1.54) is 0 Å². The van der Waals surface area contributed by atoms with Gasteiger partial charge < -0.3 is 4.90 Å². The summed E-state index contributed by atoms with van der Waals surface area (Å²) in [6.45, 7) is 3.74. The van der Waals surface area contributed by atoms with E-state index >= 15 is 0 Å². The van der Waals surface area contributed by atoms with E-state index in [1.54, 1.807) is 17.8 Å². The van der Waals surface area contributed by atoms with Gasteiger partial charge in [0, 0.05) is 23.7 Å². The first-order valence-corrected chi connectivity index (χ1v) is 9.14. The zero-order valence-electron chi connectivity index (χ0n) is 13.1. The minimum atomic E-state index is 0.0447. The van der Waals surface area contributed by atoms with Gasteiger partial charge in [0.25, 0.3) is 5.91 Å². The molecule has 0 saturated carbocycles. The van der Waals surface area contributed by atoms with Crippen molar-refractivity contribution >= 4 is 29.3 Å². The lowest BCUT2D eigenvalue weighted by atomic mass is 10.2. The van der Waals surface area contributed by atoms with E-state index in [0.717, 1.165) is 47.1 Å². The molecule has 1 fully saturated rings. The van der Waals surface area contributed by atoms with Crippen molar-refractivity contribution in [1.82, 2.24) is 9.88 Å². The Kier molecular flexibility index (Phi) is 5.23. The second kappa shape index (κ2) is 7.37. The lowest BCUT2D eigenvalue weighted by Crippen LogP contribution is -2.28. The first kappa shape index (κ1) is 16.3. The number of halogens is 1. The van der Waals surface area contributed by atoms with Crippen LogP contribution < -0.4 is 0 Å². The summed E-state index contributed by atoms with van der Waals surface area (Å²) in [5.41, 5.74) is 2.60. The number of hydrogen-bond donors (Lipinski definition) is 0. The molecule has 1 aromatic carbocycles. The molecule has 1 amide bonds. The number of nitrogens with zero attached hydrogens (tertiary/aromatic N) is 2. The molecule has 2 aromatic rings. The molecule has 0 atom stereocenters. The molecule has 0 bridgehead atoms. The van der Waals surface area contributed by atoms with Crippen molar-refractivity contribution in [3.05, 3.63) is 58.4 Å². The van der Waals surface area contributed by atoms with Crippen LogP contribution in [0.1, 0.15) is 34.6 Å². The highest BCUT2D eigenvalue weighted by atomic mass is 35.5. The standard InChI is InChI=1S/C18H19ClN2OS/c1-13-6-4-8-15(19)17(13)23-12-14-7-5-9-16(20-14)18(22)21-10-2-3-11-21/h4-9H,2-3,10-12H2,1H3. The van der Waals surface area contributed by atoms with Gasteiger partial charge in [-0.05, 0) is 43.5 Å². The van der Waals surface area contributed by atoms with Gasteiger partial charge in [-0.2, -0.15) is 0 Å². The van der Waals surface area contributed by atoms with Crippen molar-refractivity contribution in [2.24, 2.45) is 0 Å². The van der Waals surface area contributed by atoms with Crippen LogP contribution in [-0.4, -0.2) is 28.9 Å². The summed E-state index contributed by atoms with van der Waals surface area (Å²) in [5.74, 6) is 0.745. The number of benzene rings is 1. The number of rotatable bonds is 4. The highest BCUT2D eigenvalue weighted by Crippen LogP contribution is 2.32. The molecule has 2 heterocycles. The van der Waals surface area contributed by atoms with Crippen molar-refractivity contribution in [2.45, 2.75) is 30.4 Å². The maximum atomic E-state index is 12.4. The quantitative estimate of drug-likeness (QED) is 0.760. The van der Waals surface area contributed by atoms with Gasteiger partial charge >= 0.3 is 0 Å². The van der Waals surface area contributed by atoms with E-state index in [2.05, 4.69) is 18.0 Å². The van der Waals surface area contributed by atoms with Crippen LogP contribution in [-0.2, 0) is 5.75 Å². The molecule has 3 nitrogen and oxygen atoms in total. The van der Waals surface area contributed by atoms with E-state index in [-0.39, 0.29) is 5.91 Å². The van der Waals surface area contributed by atoms with Crippen LogP contribution >= 0.6 is 23.4 Å². The monoisotopic (exact) mass is 346 g/mol. The lowest BCUT2D eigenvalue weighted by Gasteiger charge is -2.15. The van der Waals surface area contributed by atoms with Crippen LogP contribution in [0, 0.1) is 6.92 Å². The Bertz CT molecular complexity index is 694. The van der Waals surface area contributed by atoms with Gasteiger partial charge in [-0.25, -0.2) is 4.98 Å². The maximum absolute atomic E-state index is 12.4. The normalized spacial score (nSPS) is 14.3. The van der Waals surface area contributed by atoms with Crippen molar-refractivity contribution in [3.63, 3.8) is 0 Å². The zero-order valence-corrected chi connectivity index (χ0v) is 14.7. The van der Waals surface area contributed by atoms with E-state index in [1.807, 2.05) is 29.2 Å². The largest absolute Gasteiger partial charge is 0.337 e. The first-order chi connectivity index (χ1) is 11.1. The fourth-order valence-electron chi connectivity index (χ4n) is 2.71. The molecule has 0 radical (unpaired) electrons. The number of carbonyl (C=O) groups is 1. The van der Waals surface area contributed by atoms with E-state index in [0.29, 0.717) is 11.4 Å². The average molecular weight is 347 g/mol. The van der Waals surface area contributed by atoms with Crippen LogP contribution in [0.5, 0.6) is 0 Å². The van der Waals surface area contributed by atoms with Crippen molar-refractivity contribution in [2.75, 3.05) is 13.1 Å². The Labute approximate surface area is 146 Å². The minimum Gasteiger partial charge on any atom is -0.337 e. The Hall–Kier alpha value is -1.52. The second-order valence-electron chi connectivity index (χ2n) is 5.69. The summed E-state index contributed by atoms with van der Waals surface area (Å²) >= 11 is 7.92. The Balaban J connectivity index is 1.71. The van der Waals surface area contributed by atoms with Gasteiger partial charge in [-0.3, -0.25) is 4.79 Å². The second-order valence-corrected chi connectivity index (χ2v) is 7.08. The minimum absolute atomic E-state index is 0.0447. The molecule has 1 saturated heterocycles. The molecule has 23 heavy (non-hydrogen) atoms. The third kappa shape index (κ3) is 3.88. The number of aryl methyl sites for hydroxylation is 1. The van der Waals surface area contributed by atoms with Crippen molar-refractivity contribution in [3.8, 4) is 0 Å². The Morgan fingerprint density at radius 2 is 1.96 bits per heavy atom. The fraction of sp³-hybridized carbons (Fsp3) is 0.333. The van der Waals surface area contributed by atoms with Crippen LogP contribution in [0.3, 0.4) is 0 Å². The van der Waals surface area contributed by atoms with Crippen molar-refractivity contribution < 1.29 is 4.79 Å². The van der Waals surface area contributed by atoms with E-state index in [9.17, 15) is 4.79 Å². The number of thioether (sulfide) groups is 1. The zero-order chi connectivity index (χ0) is 16.2. The maximum Gasteiger partial charge on any atom is 0.272 e. The number of likely N-dealkylation sites (tertiary alicyclic amines) is 1. The van der Waals surface area contributed by atoms with Crippen LogP contribution in [0.15, 0.2) is 41.3 Å². The SMILES string of the molecule is Cc1cccc(Cl)c1SCc1cccc(C(=O)N2CCCC2)n1. The molecule has 1 aromatic heterocycles. The molecule has 0 spiro atoms. The van der Waals surface area contributed by atoms with Gasteiger partial charge in [0.15, 0.2) is 0 Å². The number of hydrogen-bond acceptors (Lipinski definition) is 3. The predicted molar refractivity (Wildman–Crippen MR) is 95.1 cm³/mol. The van der Waals surface area contributed by atoms with Gasteiger partial charge in [0.2, 0.25) is 0 Å². The molecule has 1 aliphatic rings. The van der Waals surface area contributed by atoms with Gasteiger partial charge in [-0.15, -0.1) is 11.8 Å². The van der Waals surface area contributed by atoms with Gasteiger partial charge in [0.05, 0.1) is 10.7 Å². The molecule has 5 heteroatoms. The highest BCUT2D eigenvalue weighted by Gasteiger charge is 2.20. The number of carbonyl (C=O) groups excluding carboxylic acids is 1. The smallest absolute Gasteiger partial charge is 0.272 e. The molecular weight excluding hydrogens is 328 g/mol. The van der Waals surface area contributed by atoms with Crippen molar-refractivity contribution in [1.29, 1.82) is 0 Å². The molecule has 0 aliphatic carbocycles. The predicted octanol–water partition coefficient (Wildman–Crippen LogP) is 4.57. The molecule has 120 valence electrons. The van der Waals surface area contributed by atoms with Gasteiger partial charge in [0.1, 0.15) is 5.69 Å². The Morgan fingerprint density at radius 3 is 2.70 bits per heavy atom. The summed E-state index contributed by atoms with van der Waals surface area (Å²) in [6, 6.07) is 11.6. The van der Waals surface area contributed by atoms with E-state index in [4.69, 9.17) is 11.6 Å². The summed E-state index contributed by atoms with van der Waals surface area (Å²) in [5, 5.41) is 0.763. The molecule has 0 N–H and O–H groups in total. The summed E-state index contributed by atoms with van der Waals surface area (Å²) in [6.07, 6.45) is 2.18. The van der Waals surface area contributed by atoms with E-state index < -0.39 is 0 Å². The van der Waals surface area contributed by atoms with Crippen LogP contribution in [0.4, 0.5) is 0 Å². The fourth-order valence-corrected chi connectivity index (χ4v) is 4.05. The number of aromatic nitrogens is 1. The first-order valence-electron chi connectivity index (χ1n) is 7.78. The number of pyridine rings is 1. The Morgan fingerprint density at radius 1 is 1.22 bits per heavy atom. The van der Waals surface area contributed by atoms with Crippen LogP contribution in [0.25, 0.3) is 0 Å². The molecular formula is C18H19ClN2OS. The summed E-state index contributed by atoms with van der Waals surface area (Å²) in [7, 11) is 0. The van der Waals surface area contributed by atoms with Gasteiger partial charge in [-0.1, -0.05) is 29.8 Å². The molecule has 1 aliphatic heterocycles. The highest BCUT2D eigenvalue weighted by molar-refractivity contribution is 7.98.